The molecule has 3 aromatic heterocycles. The van der Waals surface area contributed by atoms with Crippen molar-refractivity contribution in [3.05, 3.63) is 128 Å². The molecule has 0 saturated heterocycles. The smallest absolute Gasteiger partial charge is 0.219 e. The van der Waals surface area contributed by atoms with E-state index < -0.39 is 0 Å². The average molecular weight is 464 g/mol. The van der Waals surface area contributed by atoms with Crippen molar-refractivity contribution in [2.75, 3.05) is 0 Å². The zero-order valence-electron chi connectivity index (χ0n) is 19.4. The summed E-state index contributed by atoms with van der Waals surface area (Å²) in [5.41, 5.74) is 5.33. The molecule has 170 valence electrons. The second-order valence-corrected chi connectivity index (χ2v) is 8.77. The van der Waals surface area contributed by atoms with Crippen LogP contribution in [0.15, 0.2) is 128 Å². The van der Waals surface area contributed by atoms with Gasteiger partial charge < -0.3 is 9.30 Å². The molecule has 0 unspecified atom stereocenters. The van der Waals surface area contributed by atoms with Gasteiger partial charge in [-0.15, -0.1) is 0 Å². The summed E-state index contributed by atoms with van der Waals surface area (Å²) in [7, 11) is 0. The van der Waals surface area contributed by atoms with Crippen LogP contribution in [-0.4, -0.2) is 14.5 Å². The summed E-state index contributed by atoms with van der Waals surface area (Å²) in [4.78, 5) is 9.06. The first-order chi connectivity index (χ1) is 17.8. The lowest BCUT2D eigenvalue weighted by Gasteiger charge is -2.11. The second-order valence-electron chi connectivity index (χ2n) is 8.77. The molecule has 0 bridgehead atoms. The van der Waals surface area contributed by atoms with E-state index in [-0.39, 0.29) is 0 Å². The van der Waals surface area contributed by atoms with Crippen molar-refractivity contribution in [2.24, 2.45) is 0 Å². The summed E-state index contributed by atoms with van der Waals surface area (Å²) in [6.07, 6.45) is 3.68. The van der Waals surface area contributed by atoms with Crippen molar-refractivity contribution in [2.45, 2.75) is 0 Å². The van der Waals surface area contributed by atoms with E-state index in [2.05, 4.69) is 88.4 Å². The minimum absolute atomic E-state index is 0.571. The van der Waals surface area contributed by atoms with Gasteiger partial charge in [0, 0.05) is 51.9 Å². The monoisotopic (exact) mass is 463 g/mol. The number of benzene rings is 4. The van der Waals surface area contributed by atoms with Gasteiger partial charge in [-0.25, -0.2) is 4.98 Å². The van der Waals surface area contributed by atoms with Gasteiger partial charge in [0.1, 0.15) is 5.75 Å². The molecule has 0 aliphatic rings. The van der Waals surface area contributed by atoms with E-state index in [0.29, 0.717) is 5.88 Å². The molecule has 36 heavy (non-hydrogen) atoms. The molecule has 4 heteroatoms. The predicted octanol–water partition coefficient (Wildman–Crippen LogP) is 8.19. The Hall–Kier alpha value is -4.96. The molecule has 0 aliphatic carbocycles. The first-order valence-corrected chi connectivity index (χ1v) is 11.9. The summed E-state index contributed by atoms with van der Waals surface area (Å²) < 4.78 is 8.33. The van der Waals surface area contributed by atoms with E-state index in [0.717, 1.165) is 39.1 Å². The number of hydrogen-bond donors (Lipinski definition) is 0. The Bertz CT molecular complexity index is 1870. The molecule has 7 aromatic rings. The highest BCUT2D eigenvalue weighted by Gasteiger charge is 2.14. The SMILES string of the molecule is c1ccc(Oc2cccc(-n3c4ccccc4c4ccc(-c5cc6ccccc6cn5)cc43)c2)nc1. The Morgan fingerprint density at radius 1 is 0.583 bits per heavy atom. The normalized spacial score (nSPS) is 11.3. The van der Waals surface area contributed by atoms with Gasteiger partial charge in [-0.1, -0.05) is 66.7 Å². The number of ether oxygens (including phenoxy) is 1. The van der Waals surface area contributed by atoms with E-state index in [1.807, 2.05) is 42.6 Å². The van der Waals surface area contributed by atoms with Crippen molar-refractivity contribution in [1.82, 2.24) is 14.5 Å². The van der Waals surface area contributed by atoms with Crippen molar-refractivity contribution in [3.63, 3.8) is 0 Å². The molecule has 7 rings (SSSR count). The highest BCUT2D eigenvalue weighted by atomic mass is 16.5. The van der Waals surface area contributed by atoms with Crippen LogP contribution in [-0.2, 0) is 0 Å². The maximum Gasteiger partial charge on any atom is 0.219 e. The number of aromatic nitrogens is 3. The molecule has 0 saturated carbocycles. The predicted molar refractivity (Wildman–Crippen MR) is 146 cm³/mol. The van der Waals surface area contributed by atoms with E-state index in [4.69, 9.17) is 9.72 Å². The van der Waals surface area contributed by atoms with E-state index >= 15 is 0 Å². The highest BCUT2D eigenvalue weighted by Crippen LogP contribution is 2.35. The zero-order valence-corrected chi connectivity index (χ0v) is 19.4. The summed E-state index contributed by atoms with van der Waals surface area (Å²) in [5, 5.41) is 4.73. The molecule has 0 fully saturated rings. The Morgan fingerprint density at radius 2 is 1.42 bits per heavy atom. The minimum atomic E-state index is 0.571. The molecule has 0 radical (unpaired) electrons. The number of rotatable bonds is 4. The number of fused-ring (bicyclic) bond motifs is 4. The third kappa shape index (κ3) is 3.48. The molecule has 0 spiro atoms. The van der Waals surface area contributed by atoms with Crippen LogP contribution in [0.25, 0.3) is 49.5 Å². The summed E-state index contributed by atoms with van der Waals surface area (Å²) in [6, 6.07) is 39.4. The van der Waals surface area contributed by atoms with Crippen LogP contribution in [0.1, 0.15) is 0 Å². The number of nitrogens with zero attached hydrogens (tertiary/aromatic N) is 3. The second kappa shape index (κ2) is 8.36. The minimum Gasteiger partial charge on any atom is -0.439 e. The quantitative estimate of drug-likeness (QED) is 0.264. The molecule has 0 N–H and O–H groups in total. The third-order valence-corrected chi connectivity index (χ3v) is 6.54. The molecule has 4 aromatic carbocycles. The van der Waals surface area contributed by atoms with Crippen LogP contribution in [0.3, 0.4) is 0 Å². The summed E-state index contributed by atoms with van der Waals surface area (Å²) >= 11 is 0. The standard InChI is InChI=1S/C32H21N3O/c1-2-9-24-21-34-29(18-22(24)8-1)23-15-16-28-27-12-3-4-13-30(27)35(31(28)19-23)25-10-7-11-26(20-25)36-32-14-5-6-17-33-32/h1-21H. The molecule has 3 heterocycles. The average Bonchev–Trinajstić information content (AvgIpc) is 3.27. The van der Waals surface area contributed by atoms with Crippen LogP contribution >= 0.6 is 0 Å². The lowest BCUT2D eigenvalue weighted by atomic mass is 10.1. The Labute approximate surface area is 208 Å². The number of pyridine rings is 2. The largest absolute Gasteiger partial charge is 0.439 e. The van der Waals surface area contributed by atoms with Gasteiger partial charge in [-0.3, -0.25) is 4.98 Å². The fourth-order valence-electron chi connectivity index (χ4n) is 4.86. The maximum absolute atomic E-state index is 6.04. The van der Waals surface area contributed by atoms with Crippen molar-refractivity contribution in [1.29, 1.82) is 0 Å². The van der Waals surface area contributed by atoms with Crippen LogP contribution in [0.4, 0.5) is 0 Å². The fourth-order valence-corrected chi connectivity index (χ4v) is 4.86. The lowest BCUT2D eigenvalue weighted by molar-refractivity contribution is 0.463. The molecular weight excluding hydrogens is 442 g/mol. The molecule has 0 aliphatic heterocycles. The summed E-state index contributed by atoms with van der Waals surface area (Å²) in [6.45, 7) is 0. The van der Waals surface area contributed by atoms with Crippen LogP contribution < -0.4 is 4.74 Å². The maximum atomic E-state index is 6.04. The fraction of sp³-hybridized carbons (Fsp3) is 0. The van der Waals surface area contributed by atoms with Crippen LogP contribution in [0.5, 0.6) is 11.6 Å². The van der Waals surface area contributed by atoms with E-state index in [1.54, 1.807) is 6.20 Å². The first-order valence-electron chi connectivity index (χ1n) is 11.9. The molecule has 4 nitrogen and oxygen atoms in total. The molecule has 0 amide bonds. The van der Waals surface area contributed by atoms with Gasteiger partial charge in [0.15, 0.2) is 0 Å². The zero-order chi connectivity index (χ0) is 23.9. The van der Waals surface area contributed by atoms with Crippen LogP contribution in [0.2, 0.25) is 0 Å². The summed E-state index contributed by atoms with van der Waals surface area (Å²) in [5.74, 6) is 1.31. The lowest BCUT2D eigenvalue weighted by Crippen LogP contribution is -1.95. The molecular formula is C32H21N3O. The van der Waals surface area contributed by atoms with E-state index in [1.165, 1.54) is 16.2 Å². The first kappa shape index (κ1) is 20.4. The molecule has 0 atom stereocenters. The topological polar surface area (TPSA) is 39.9 Å². The van der Waals surface area contributed by atoms with E-state index in [9.17, 15) is 0 Å². The Morgan fingerprint density at radius 3 is 2.33 bits per heavy atom. The number of para-hydroxylation sites is 1. The van der Waals surface area contributed by atoms with Crippen molar-refractivity contribution < 1.29 is 4.74 Å². The van der Waals surface area contributed by atoms with Gasteiger partial charge in [0.2, 0.25) is 5.88 Å². The van der Waals surface area contributed by atoms with Gasteiger partial charge in [0.25, 0.3) is 0 Å². The number of hydrogen-bond acceptors (Lipinski definition) is 3. The third-order valence-electron chi connectivity index (χ3n) is 6.54. The van der Waals surface area contributed by atoms with Gasteiger partial charge in [-0.05, 0) is 41.8 Å². The van der Waals surface area contributed by atoms with Gasteiger partial charge in [0.05, 0.1) is 16.7 Å². The van der Waals surface area contributed by atoms with Crippen molar-refractivity contribution >= 4 is 32.6 Å². The van der Waals surface area contributed by atoms with Gasteiger partial charge in [-0.2, -0.15) is 0 Å². The van der Waals surface area contributed by atoms with Crippen molar-refractivity contribution in [3.8, 4) is 28.6 Å². The Balaban J connectivity index is 1.41. The van der Waals surface area contributed by atoms with Crippen LogP contribution in [0, 0.1) is 0 Å². The highest BCUT2D eigenvalue weighted by molar-refractivity contribution is 6.10. The Kier molecular flexibility index (Phi) is 4.74. The van der Waals surface area contributed by atoms with Gasteiger partial charge >= 0.3 is 0 Å².